The van der Waals surface area contributed by atoms with Crippen LogP contribution in [0, 0.1) is 0 Å². The molecule has 1 atom stereocenters. The molecule has 0 heterocycles. The summed E-state index contributed by atoms with van der Waals surface area (Å²) in [5, 5.41) is 2.77. The molecule has 0 aromatic heterocycles. The minimum atomic E-state index is -0.401. The normalized spacial score (nSPS) is 11.9. The maximum Gasteiger partial charge on any atom is 0.237 e. The average molecular weight is 250 g/mol. The zero-order valence-electron chi connectivity index (χ0n) is 10.9. The summed E-state index contributed by atoms with van der Waals surface area (Å²) in [5.74, 6) is 0.710. The second-order valence-corrected chi connectivity index (χ2v) is 4.20. The van der Waals surface area contributed by atoms with Crippen LogP contribution in [0.4, 0.5) is 0 Å². The number of carbonyl (C=O) groups excluding carboxylic acids is 1. The summed E-state index contributed by atoms with van der Waals surface area (Å²) in [6.45, 7) is 3.02. The third-order valence-electron chi connectivity index (χ3n) is 2.62. The number of carbonyl (C=O) groups is 1. The Morgan fingerprint density at radius 2 is 2.11 bits per heavy atom. The first-order chi connectivity index (χ1) is 8.74. The third-order valence-corrected chi connectivity index (χ3v) is 2.62. The zero-order valence-corrected chi connectivity index (χ0v) is 10.9. The Kier molecular flexibility index (Phi) is 6.87. The second-order valence-electron chi connectivity index (χ2n) is 4.20. The number of para-hydroxylation sites is 1. The highest BCUT2D eigenvalue weighted by molar-refractivity contribution is 5.81. The van der Waals surface area contributed by atoms with Gasteiger partial charge in [0.2, 0.25) is 5.91 Å². The van der Waals surface area contributed by atoms with Gasteiger partial charge >= 0.3 is 0 Å². The number of nitrogens with one attached hydrogen (secondary N) is 1. The van der Waals surface area contributed by atoms with Crippen LogP contribution in [0.3, 0.4) is 0 Å². The summed E-state index contributed by atoms with van der Waals surface area (Å²) in [7, 11) is 0. The van der Waals surface area contributed by atoms with Crippen molar-refractivity contribution >= 4 is 5.91 Å². The van der Waals surface area contributed by atoms with Crippen molar-refractivity contribution < 1.29 is 9.53 Å². The van der Waals surface area contributed by atoms with Gasteiger partial charge in [-0.2, -0.15) is 0 Å². The standard InChI is InChI=1S/C14H22N2O2/c1-2-3-9-13(15)14(17)16-10-11-18-12-7-5-4-6-8-12/h4-8,13H,2-3,9-11,15H2,1H3,(H,16,17)/t13-/m0/s1. The van der Waals surface area contributed by atoms with E-state index in [1.165, 1.54) is 0 Å². The van der Waals surface area contributed by atoms with Gasteiger partial charge in [0.25, 0.3) is 0 Å². The fourth-order valence-corrected chi connectivity index (χ4v) is 1.55. The largest absolute Gasteiger partial charge is 0.492 e. The van der Waals surface area contributed by atoms with Crippen molar-refractivity contribution in [2.75, 3.05) is 13.2 Å². The molecule has 0 aliphatic carbocycles. The van der Waals surface area contributed by atoms with Crippen LogP contribution in [0.15, 0.2) is 30.3 Å². The smallest absolute Gasteiger partial charge is 0.237 e. The molecule has 1 rings (SSSR count). The number of rotatable bonds is 8. The van der Waals surface area contributed by atoms with Gasteiger partial charge in [0.15, 0.2) is 0 Å². The molecule has 0 unspecified atom stereocenters. The molecule has 1 aromatic carbocycles. The predicted molar refractivity (Wildman–Crippen MR) is 72.4 cm³/mol. The molecule has 0 saturated heterocycles. The Morgan fingerprint density at radius 1 is 1.39 bits per heavy atom. The van der Waals surface area contributed by atoms with Gasteiger partial charge in [-0.25, -0.2) is 0 Å². The van der Waals surface area contributed by atoms with Crippen LogP contribution in [-0.2, 0) is 4.79 Å². The molecule has 3 N–H and O–H groups in total. The number of ether oxygens (including phenoxy) is 1. The topological polar surface area (TPSA) is 64.4 Å². The number of unbranched alkanes of at least 4 members (excludes halogenated alkanes) is 1. The predicted octanol–water partition coefficient (Wildman–Crippen LogP) is 1.70. The summed E-state index contributed by atoms with van der Waals surface area (Å²) in [6.07, 6.45) is 2.77. The number of nitrogens with two attached hydrogens (primary N) is 1. The molecular weight excluding hydrogens is 228 g/mol. The van der Waals surface area contributed by atoms with Crippen LogP contribution < -0.4 is 15.8 Å². The summed E-state index contributed by atoms with van der Waals surface area (Å²) < 4.78 is 5.46. The second kappa shape index (κ2) is 8.53. The van der Waals surface area contributed by atoms with E-state index in [4.69, 9.17) is 10.5 Å². The average Bonchev–Trinajstić information content (AvgIpc) is 2.41. The molecular formula is C14H22N2O2. The van der Waals surface area contributed by atoms with Crippen molar-refractivity contribution in [3.05, 3.63) is 30.3 Å². The number of benzene rings is 1. The fraction of sp³-hybridized carbons (Fsp3) is 0.500. The minimum absolute atomic E-state index is 0.0971. The van der Waals surface area contributed by atoms with E-state index in [0.29, 0.717) is 13.2 Å². The molecule has 0 saturated carbocycles. The van der Waals surface area contributed by atoms with Gasteiger partial charge in [0, 0.05) is 0 Å². The molecule has 18 heavy (non-hydrogen) atoms. The first kappa shape index (κ1) is 14.5. The van der Waals surface area contributed by atoms with Crippen LogP contribution in [0.25, 0.3) is 0 Å². The maximum absolute atomic E-state index is 11.6. The van der Waals surface area contributed by atoms with Crippen LogP contribution in [0.1, 0.15) is 26.2 Å². The minimum Gasteiger partial charge on any atom is -0.492 e. The Morgan fingerprint density at radius 3 is 2.78 bits per heavy atom. The van der Waals surface area contributed by atoms with E-state index in [0.717, 1.165) is 25.0 Å². The van der Waals surface area contributed by atoms with Crippen molar-refractivity contribution in [1.82, 2.24) is 5.32 Å². The van der Waals surface area contributed by atoms with E-state index in [1.807, 2.05) is 30.3 Å². The molecule has 1 aromatic rings. The molecule has 0 aliphatic rings. The molecule has 0 radical (unpaired) electrons. The van der Waals surface area contributed by atoms with E-state index in [9.17, 15) is 4.79 Å². The van der Waals surface area contributed by atoms with Gasteiger partial charge in [-0.1, -0.05) is 38.0 Å². The molecule has 4 heteroatoms. The zero-order chi connectivity index (χ0) is 13.2. The molecule has 100 valence electrons. The van der Waals surface area contributed by atoms with Crippen molar-refractivity contribution in [3.63, 3.8) is 0 Å². The summed E-state index contributed by atoms with van der Waals surface area (Å²) in [6, 6.07) is 9.12. The number of amides is 1. The summed E-state index contributed by atoms with van der Waals surface area (Å²) >= 11 is 0. The third kappa shape index (κ3) is 5.68. The van der Waals surface area contributed by atoms with Crippen LogP contribution in [-0.4, -0.2) is 25.1 Å². The SMILES string of the molecule is CCCC[C@H](N)C(=O)NCCOc1ccccc1. The van der Waals surface area contributed by atoms with E-state index >= 15 is 0 Å². The Labute approximate surface area is 109 Å². The van der Waals surface area contributed by atoms with Crippen LogP contribution in [0.2, 0.25) is 0 Å². The lowest BCUT2D eigenvalue weighted by Gasteiger charge is -2.12. The highest BCUT2D eigenvalue weighted by atomic mass is 16.5. The van der Waals surface area contributed by atoms with Crippen molar-refractivity contribution in [2.45, 2.75) is 32.2 Å². The first-order valence-electron chi connectivity index (χ1n) is 6.45. The van der Waals surface area contributed by atoms with E-state index < -0.39 is 6.04 Å². The summed E-state index contributed by atoms with van der Waals surface area (Å²) in [5.41, 5.74) is 5.74. The maximum atomic E-state index is 11.6. The fourth-order valence-electron chi connectivity index (χ4n) is 1.55. The number of hydrogen-bond donors (Lipinski definition) is 2. The van der Waals surface area contributed by atoms with Gasteiger partial charge in [-0.15, -0.1) is 0 Å². The lowest BCUT2D eigenvalue weighted by Crippen LogP contribution is -2.42. The lowest BCUT2D eigenvalue weighted by atomic mass is 10.1. The first-order valence-corrected chi connectivity index (χ1v) is 6.45. The van der Waals surface area contributed by atoms with Gasteiger partial charge < -0.3 is 15.8 Å². The van der Waals surface area contributed by atoms with Gasteiger partial charge in [0.05, 0.1) is 12.6 Å². The van der Waals surface area contributed by atoms with Crippen LogP contribution >= 0.6 is 0 Å². The van der Waals surface area contributed by atoms with E-state index in [1.54, 1.807) is 0 Å². The molecule has 0 bridgehead atoms. The van der Waals surface area contributed by atoms with Gasteiger partial charge in [-0.3, -0.25) is 4.79 Å². The van der Waals surface area contributed by atoms with Crippen molar-refractivity contribution in [3.8, 4) is 5.75 Å². The van der Waals surface area contributed by atoms with Crippen LogP contribution in [0.5, 0.6) is 5.75 Å². The van der Waals surface area contributed by atoms with E-state index in [2.05, 4.69) is 12.2 Å². The Bertz CT molecular complexity index is 341. The quantitative estimate of drug-likeness (QED) is 0.690. The molecule has 0 fully saturated rings. The van der Waals surface area contributed by atoms with E-state index in [-0.39, 0.29) is 5.91 Å². The van der Waals surface area contributed by atoms with Gasteiger partial charge in [-0.05, 0) is 18.6 Å². The number of hydrogen-bond acceptors (Lipinski definition) is 3. The lowest BCUT2D eigenvalue weighted by molar-refractivity contribution is -0.122. The summed E-state index contributed by atoms with van der Waals surface area (Å²) in [4.78, 5) is 11.6. The highest BCUT2D eigenvalue weighted by Crippen LogP contribution is 2.07. The highest BCUT2D eigenvalue weighted by Gasteiger charge is 2.11. The van der Waals surface area contributed by atoms with Gasteiger partial charge in [0.1, 0.15) is 12.4 Å². The molecule has 1 amide bonds. The molecule has 4 nitrogen and oxygen atoms in total. The molecule has 0 aliphatic heterocycles. The Hall–Kier alpha value is -1.55. The van der Waals surface area contributed by atoms with Crippen molar-refractivity contribution in [2.24, 2.45) is 5.73 Å². The monoisotopic (exact) mass is 250 g/mol. The Balaban J connectivity index is 2.12. The van der Waals surface area contributed by atoms with Crippen molar-refractivity contribution in [1.29, 1.82) is 0 Å². The molecule has 0 spiro atoms.